The fourth-order valence-corrected chi connectivity index (χ4v) is 6.53. The molecule has 0 bridgehead atoms. The Morgan fingerprint density at radius 1 is 0.738 bits per heavy atom. The molecular formula is C30H22N6O4S2. The molecule has 42 heavy (non-hydrogen) atoms. The number of para-hydroxylation sites is 2. The Hall–Kier alpha value is -5.33. The normalized spacial score (nSPS) is 11.2. The smallest absolute Gasteiger partial charge is 0.293 e. The maximum atomic E-state index is 12.5. The Morgan fingerprint density at radius 3 is 1.93 bits per heavy atom. The minimum Gasteiger partial charge on any atom is -0.352 e. The van der Waals surface area contributed by atoms with Gasteiger partial charge < -0.3 is 9.97 Å². The van der Waals surface area contributed by atoms with Crippen molar-refractivity contribution < 1.29 is 13.3 Å². The van der Waals surface area contributed by atoms with Crippen molar-refractivity contribution in [2.45, 2.75) is 4.21 Å². The van der Waals surface area contributed by atoms with Gasteiger partial charge in [-0.1, -0.05) is 42.5 Å². The van der Waals surface area contributed by atoms with Crippen LogP contribution in [0.1, 0.15) is 0 Å². The van der Waals surface area contributed by atoms with E-state index in [-0.39, 0.29) is 14.8 Å². The number of sulfonamides is 1. The predicted molar refractivity (Wildman–Crippen MR) is 165 cm³/mol. The van der Waals surface area contributed by atoms with Crippen molar-refractivity contribution in [2.75, 3.05) is 4.72 Å². The Labute approximate surface area is 243 Å². The van der Waals surface area contributed by atoms with Crippen molar-refractivity contribution in [3.8, 4) is 22.8 Å². The van der Waals surface area contributed by atoms with Crippen LogP contribution in [-0.2, 0) is 10.0 Å². The number of pyridine rings is 2. The van der Waals surface area contributed by atoms with Crippen molar-refractivity contribution in [3.05, 3.63) is 125 Å². The van der Waals surface area contributed by atoms with E-state index in [1.54, 1.807) is 42.0 Å². The maximum absolute atomic E-state index is 12.5. The van der Waals surface area contributed by atoms with E-state index in [1.165, 1.54) is 17.4 Å². The third-order valence-corrected chi connectivity index (χ3v) is 9.14. The molecule has 7 rings (SSSR count). The first-order valence-electron chi connectivity index (χ1n) is 12.7. The van der Waals surface area contributed by atoms with Gasteiger partial charge in [-0.2, -0.15) is 0 Å². The molecule has 0 saturated carbocycles. The fourth-order valence-electron chi connectivity index (χ4n) is 4.47. The first-order chi connectivity index (χ1) is 20.4. The van der Waals surface area contributed by atoms with Gasteiger partial charge in [-0.25, -0.2) is 8.42 Å². The highest BCUT2D eigenvalue weighted by Crippen LogP contribution is 2.31. The van der Waals surface area contributed by atoms with Crippen LogP contribution in [0.3, 0.4) is 0 Å². The highest BCUT2D eigenvalue weighted by atomic mass is 32.2. The lowest BCUT2D eigenvalue weighted by Crippen LogP contribution is -2.11. The molecule has 10 nitrogen and oxygen atoms in total. The molecule has 3 N–H and O–H groups in total. The van der Waals surface area contributed by atoms with Gasteiger partial charge in [0.2, 0.25) is 0 Å². The second-order valence-electron chi connectivity index (χ2n) is 9.10. The molecule has 0 aliphatic heterocycles. The number of thiophene rings is 1. The molecule has 2 aromatic carbocycles. The van der Waals surface area contributed by atoms with Crippen molar-refractivity contribution in [2.24, 2.45) is 0 Å². The molecule has 0 saturated heterocycles. The molecule has 0 radical (unpaired) electrons. The first kappa shape index (κ1) is 26.9. The molecule has 0 amide bonds. The number of nitrogens with one attached hydrogen (secondary N) is 3. The monoisotopic (exact) mass is 594 g/mol. The molecule has 5 heterocycles. The van der Waals surface area contributed by atoms with E-state index in [2.05, 4.69) is 24.7 Å². The maximum Gasteiger partial charge on any atom is 0.293 e. The Balaban J connectivity index is 0.000000157. The molecule has 0 atom stereocenters. The van der Waals surface area contributed by atoms with E-state index in [1.807, 2.05) is 66.7 Å². The minimum atomic E-state index is -3.58. The van der Waals surface area contributed by atoms with Gasteiger partial charge in [0.15, 0.2) is 0 Å². The van der Waals surface area contributed by atoms with Crippen LogP contribution in [0.25, 0.3) is 44.6 Å². The number of anilines is 1. The van der Waals surface area contributed by atoms with Crippen LogP contribution >= 0.6 is 11.3 Å². The number of nitrogens with zero attached hydrogens (tertiary/aromatic N) is 3. The van der Waals surface area contributed by atoms with Crippen LogP contribution in [0.4, 0.5) is 11.4 Å². The Bertz CT molecular complexity index is 2110. The highest BCUT2D eigenvalue weighted by molar-refractivity contribution is 7.94. The molecule has 7 aromatic rings. The van der Waals surface area contributed by atoms with Gasteiger partial charge in [0.25, 0.3) is 15.7 Å². The van der Waals surface area contributed by atoms with E-state index in [0.717, 1.165) is 39.1 Å². The summed E-state index contributed by atoms with van der Waals surface area (Å²) in [5.41, 5.74) is 5.05. The van der Waals surface area contributed by atoms with Crippen molar-refractivity contribution in [3.63, 3.8) is 0 Å². The summed E-state index contributed by atoms with van der Waals surface area (Å²) in [6, 6.07) is 28.9. The van der Waals surface area contributed by atoms with Crippen LogP contribution < -0.4 is 4.72 Å². The lowest BCUT2D eigenvalue weighted by molar-refractivity contribution is -0.383. The van der Waals surface area contributed by atoms with E-state index in [9.17, 15) is 18.5 Å². The summed E-state index contributed by atoms with van der Waals surface area (Å²) in [6.07, 6.45) is 3.41. The quantitative estimate of drug-likeness (QED) is 0.137. The highest BCUT2D eigenvalue weighted by Gasteiger charge is 2.18. The zero-order valence-corrected chi connectivity index (χ0v) is 23.4. The number of hydrogen-bond donors (Lipinski definition) is 3. The number of rotatable bonds is 6. The Morgan fingerprint density at radius 2 is 1.36 bits per heavy atom. The molecule has 0 unspecified atom stereocenters. The summed E-state index contributed by atoms with van der Waals surface area (Å²) in [6.45, 7) is 0. The van der Waals surface area contributed by atoms with E-state index >= 15 is 0 Å². The molecule has 208 valence electrons. The lowest BCUT2D eigenvalue weighted by Gasteiger charge is -2.07. The average Bonchev–Trinajstić information content (AvgIpc) is 3.78. The number of aromatic nitrogens is 4. The topological polar surface area (TPSA) is 147 Å². The molecule has 0 fully saturated rings. The zero-order valence-electron chi connectivity index (χ0n) is 21.8. The largest absolute Gasteiger partial charge is 0.352 e. The number of nitro benzene ring substituents is 1. The van der Waals surface area contributed by atoms with Crippen molar-refractivity contribution >= 4 is 54.5 Å². The minimum absolute atomic E-state index is 0.0784. The number of aromatic amines is 2. The molecule has 0 aliphatic rings. The molecule has 0 spiro atoms. The van der Waals surface area contributed by atoms with E-state index < -0.39 is 10.0 Å². The number of benzene rings is 2. The van der Waals surface area contributed by atoms with Crippen LogP contribution in [0.15, 0.2) is 119 Å². The number of H-pyrrole nitrogens is 2. The predicted octanol–water partition coefficient (Wildman–Crippen LogP) is 7.23. The molecule has 0 aliphatic carbocycles. The van der Waals surface area contributed by atoms with Gasteiger partial charge in [0, 0.05) is 29.2 Å². The van der Waals surface area contributed by atoms with Crippen LogP contribution in [-0.4, -0.2) is 33.3 Å². The summed E-state index contributed by atoms with van der Waals surface area (Å²) in [7, 11) is -3.58. The van der Waals surface area contributed by atoms with Crippen LogP contribution in [0.5, 0.6) is 0 Å². The van der Waals surface area contributed by atoms with Crippen molar-refractivity contribution in [1.82, 2.24) is 19.9 Å². The summed E-state index contributed by atoms with van der Waals surface area (Å²) >= 11 is 1.19. The van der Waals surface area contributed by atoms with Gasteiger partial charge in [-0.05, 0) is 53.9 Å². The standard InChI is InChI=1S/C17H13N3O2S2.C13H9N3O2/c21-24(22,16-8-4-10-23-16)20-14-7-3-5-12-11-15(19-17(12)14)13-6-1-2-9-18-13;17-16(18)12-6-3-4-9-8-11(15-13(9)12)10-5-1-2-7-14-10/h1-11,19-20H;1-8,15H. The van der Waals surface area contributed by atoms with Crippen LogP contribution in [0.2, 0.25) is 0 Å². The summed E-state index contributed by atoms with van der Waals surface area (Å²) in [5, 5.41) is 14.4. The molecular weight excluding hydrogens is 573 g/mol. The third-order valence-electron chi connectivity index (χ3n) is 6.37. The third kappa shape index (κ3) is 5.48. The first-order valence-corrected chi connectivity index (χ1v) is 15.0. The number of hydrogen-bond acceptors (Lipinski definition) is 7. The van der Waals surface area contributed by atoms with E-state index in [4.69, 9.17) is 0 Å². The van der Waals surface area contributed by atoms with Gasteiger partial charge >= 0.3 is 0 Å². The molecule has 5 aromatic heterocycles. The summed E-state index contributed by atoms with van der Waals surface area (Å²) < 4.78 is 27.9. The number of nitro groups is 1. The van der Waals surface area contributed by atoms with E-state index in [0.29, 0.717) is 11.2 Å². The lowest BCUT2D eigenvalue weighted by atomic mass is 10.2. The SMILES string of the molecule is O=S(=O)(Nc1cccc2cc(-c3ccccn3)[nH]c12)c1cccs1.O=[N+]([O-])c1cccc2cc(-c3ccccn3)[nH]c12. The zero-order chi connectivity index (χ0) is 29.1. The fraction of sp³-hybridized carbons (Fsp3) is 0. The van der Waals surface area contributed by atoms with Gasteiger partial charge in [0.1, 0.15) is 9.73 Å². The van der Waals surface area contributed by atoms with Gasteiger partial charge in [-0.15, -0.1) is 11.3 Å². The second kappa shape index (κ2) is 11.3. The summed E-state index contributed by atoms with van der Waals surface area (Å²) in [5.74, 6) is 0. The van der Waals surface area contributed by atoms with Gasteiger partial charge in [0.05, 0.1) is 38.9 Å². The van der Waals surface area contributed by atoms with Crippen molar-refractivity contribution in [1.29, 1.82) is 0 Å². The number of non-ortho nitro benzene ring substituents is 1. The van der Waals surface area contributed by atoms with Crippen LogP contribution in [0, 0.1) is 10.1 Å². The second-order valence-corrected chi connectivity index (χ2v) is 12.0. The summed E-state index contributed by atoms with van der Waals surface area (Å²) in [4.78, 5) is 25.4. The average molecular weight is 595 g/mol. The molecule has 12 heteroatoms. The number of fused-ring (bicyclic) bond motifs is 2. The van der Waals surface area contributed by atoms with Gasteiger partial charge in [-0.3, -0.25) is 24.8 Å². The Kier molecular flexibility index (Phi) is 7.21.